The number of aromatic nitrogens is 2. The zero-order valence-electron chi connectivity index (χ0n) is 8.02. The number of nitrogens with zero attached hydrogens (tertiary/aromatic N) is 2. The lowest BCUT2D eigenvalue weighted by Gasteiger charge is -2.02. The van der Waals surface area contributed by atoms with Crippen LogP contribution < -0.4 is 0 Å². The van der Waals surface area contributed by atoms with Crippen molar-refractivity contribution in [2.45, 2.75) is 0 Å². The van der Waals surface area contributed by atoms with Gasteiger partial charge in [-0.2, -0.15) is 0 Å². The molecule has 3 nitrogen and oxygen atoms in total. The molecule has 0 radical (unpaired) electrons. The van der Waals surface area contributed by atoms with E-state index in [1.165, 1.54) is 12.3 Å². The topological polar surface area (TPSA) is 42.9 Å². The van der Waals surface area contributed by atoms with E-state index < -0.39 is 11.6 Å². The molecule has 0 aliphatic heterocycles. The van der Waals surface area contributed by atoms with Crippen molar-refractivity contribution in [3.05, 3.63) is 47.9 Å². The van der Waals surface area contributed by atoms with Crippen molar-refractivity contribution in [3.63, 3.8) is 0 Å². The molecular formula is C11H6F2N2O. The lowest BCUT2D eigenvalue weighted by Crippen LogP contribution is -1.95. The maximum absolute atomic E-state index is 13.4. The van der Waals surface area contributed by atoms with Crippen LogP contribution in [-0.2, 0) is 0 Å². The number of carbonyl (C=O) groups is 1. The van der Waals surface area contributed by atoms with E-state index in [-0.39, 0.29) is 17.1 Å². The third-order valence-corrected chi connectivity index (χ3v) is 1.98. The first-order valence-corrected chi connectivity index (χ1v) is 4.44. The molecule has 0 N–H and O–H groups in total. The molecule has 0 spiro atoms. The molecule has 0 fully saturated rings. The van der Waals surface area contributed by atoms with Gasteiger partial charge >= 0.3 is 0 Å². The second kappa shape index (κ2) is 4.14. The Hall–Kier alpha value is -2.17. The van der Waals surface area contributed by atoms with E-state index in [1.54, 1.807) is 0 Å². The van der Waals surface area contributed by atoms with Gasteiger partial charge in [-0.1, -0.05) is 0 Å². The van der Waals surface area contributed by atoms with E-state index in [0.717, 1.165) is 18.2 Å². The maximum Gasteiger partial charge on any atom is 0.193 e. The van der Waals surface area contributed by atoms with Crippen LogP contribution in [0, 0.1) is 11.6 Å². The first kappa shape index (κ1) is 10.4. The first-order valence-electron chi connectivity index (χ1n) is 4.44. The molecule has 0 aliphatic rings. The number of benzene rings is 1. The number of halogens is 2. The summed E-state index contributed by atoms with van der Waals surface area (Å²) in [6.45, 7) is 0. The fraction of sp³-hybridized carbons (Fsp3) is 0. The molecule has 0 unspecified atom stereocenters. The van der Waals surface area contributed by atoms with Crippen molar-refractivity contribution in [2.24, 2.45) is 0 Å². The Labute approximate surface area is 89.8 Å². The molecule has 0 bridgehead atoms. The smallest absolute Gasteiger partial charge is 0.193 e. The van der Waals surface area contributed by atoms with Gasteiger partial charge in [0.1, 0.15) is 11.6 Å². The van der Waals surface area contributed by atoms with Gasteiger partial charge in [-0.15, -0.1) is 0 Å². The molecule has 2 rings (SSSR count). The average Bonchev–Trinajstić information content (AvgIpc) is 2.32. The summed E-state index contributed by atoms with van der Waals surface area (Å²) in [4.78, 5) is 17.9. The minimum atomic E-state index is -0.600. The Bertz CT molecular complexity index is 543. The van der Waals surface area contributed by atoms with Gasteiger partial charge in [0.05, 0.1) is 5.69 Å². The van der Waals surface area contributed by atoms with Crippen LogP contribution in [-0.4, -0.2) is 16.3 Å². The highest BCUT2D eigenvalue weighted by molar-refractivity contribution is 5.71. The van der Waals surface area contributed by atoms with Crippen LogP contribution >= 0.6 is 0 Å². The second-order valence-electron chi connectivity index (χ2n) is 3.04. The molecule has 2 aromatic rings. The summed E-state index contributed by atoms with van der Waals surface area (Å²) in [7, 11) is 0. The van der Waals surface area contributed by atoms with Crippen LogP contribution in [0.5, 0.6) is 0 Å². The normalized spacial score (nSPS) is 10.1. The third-order valence-electron chi connectivity index (χ3n) is 1.98. The Kier molecular flexibility index (Phi) is 2.68. The molecule has 1 aromatic carbocycles. The van der Waals surface area contributed by atoms with E-state index in [0.29, 0.717) is 6.29 Å². The molecule has 5 heteroatoms. The van der Waals surface area contributed by atoms with Crippen molar-refractivity contribution in [3.8, 4) is 11.3 Å². The quantitative estimate of drug-likeness (QED) is 0.729. The Morgan fingerprint density at radius 2 is 2.00 bits per heavy atom. The van der Waals surface area contributed by atoms with Gasteiger partial charge in [0, 0.05) is 11.8 Å². The van der Waals surface area contributed by atoms with Crippen LogP contribution in [0.25, 0.3) is 11.3 Å². The molecule has 0 saturated carbocycles. The second-order valence-corrected chi connectivity index (χ2v) is 3.04. The molecule has 16 heavy (non-hydrogen) atoms. The number of hydrogen-bond donors (Lipinski definition) is 0. The fourth-order valence-corrected chi connectivity index (χ4v) is 1.27. The lowest BCUT2D eigenvalue weighted by atomic mass is 10.1. The van der Waals surface area contributed by atoms with Gasteiger partial charge in [-0.3, -0.25) is 4.79 Å². The molecular weight excluding hydrogens is 214 g/mol. The lowest BCUT2D eigenvalue weighted by molar-refractivity contribution is 0.111. The number of hydrogen-bond acceptors (Lipinski definition) is 3. The average molecular weight is 220 g/mol. The van der Waals surface area contributed by atoms with Gasteiger partial charge in [0.2, 0.25) is 0 Å². The molecule has 0 aliphatic carbocycles. The maximum atomic E-state index is 13.4. The minimum Gasteiger partial charge on any atom is -0.294 e. The summed E-state index contributed by atoms with van der Waals surface area (Å²) >= 11 is 0. The molecule has 1 heterocycles. The Morgan fingerprint density at radius 1 is 1.19 bits per heavy atom. The monoisotopic (exact) mass is 220 g/mol. The molecule has 0 saturated heterocycles. The van der Waals surface area contributed by atoms with Crippen molar-refractivity contribution < 1.29 is 13.6 Å². The highest BCUT2D eigenvalue weighted by Crippen LogP contribution is 2.21. The fourth-order valence-electron chi connectivity index (χ4n) is 1.27. The van der Waals surface area contributed by atoms with Gasteiger partial charge in [-0.05, 0) is 24.3 Å². The standard InChI is InChI=1S/C11H6F2N2O/c12-7-1-2-9(13)8(5-7)10-3-4-14-11(6-16)15-10/h1-6H. The van der Waals surface area contributed by atoms with Crippen LogP contribution in [0.2, 0.25) is 0 Å². The van der Waals surface area contributed by atoms with E-state index in [9.17, 15) is 13.6 Å². The summed E-state index contributed by atoms with van der Waals surface area (Å²) in [6.07, 6.45) is 1.76. The molecule has 80 valence electrons. The summed E-state index contributed by atoms with van der Waals surface area (Å²) in [5.74, 6) is -1.24. The first-order chi connectivity index (χ1) is 7.70. The largest absolute Gasteiger partial charge is 0.294 e. The predicted octanol–water partition coefficient (Wildman–Crippen LogP) is 2.23. The van der Waals surface area contributed by atoms with E-state index >= 15 is 0 Å². The SMILES string of the molecule is O=Cc1nccc(-c2cc(F)ccc2F)n1. The van der Waals surface area contributed by atoms with Crippen molar-refractivity contribution in [1.29, 1.82) is 0 Å². The highest BCUT2D eigenvalue weighted by Gasteiger charge is 2.08. The zero-order valence-corrected chi connectivity index (χ0v) is 8.02. The Morgan fingerprint density at radius 3 is 2.75 bits per heavy atom. The summed E-state index contributed by atoms with van der Waals surface area (Å²) in [5, 5.41) is 0. The summed E-state index contributed by atoms with van der Waals surface area (Å²) < 4.78 is 26.3. The van der Waals surface area contributed by atoms with Gasteiger partial charge < -0.3 is 0 Å². The van der Waals surface area contributed by atoms with Gasteiger partial charge in [0.25, 0.3) is 0 Å². The Balaban J connectivity index is 2.57. The summed E-state index contributed by atoms with van der Waals surface area (Å²) in [6, 6.07) is 4.45. The molecule has 0 atom stereocenters. The minimum absolute atomic E-state index is 0.00509. The predicted molar refractivity (Wildman–Crippen MR) is 52.8 cm³/mol. The number of aldehydes is 1. The third kappa shape index (κ3) is 1.93. The van der Waals surface area contributed by atoms with Crippen LogP contribution in [0.1, 0.15) is 10.6 Å². The number of carbonyl (C=O) groups excluding carboxylic acids is 1. The van der Waals surface area contributed by atoms with E-state index in [4.69, 9.17) is 0 Å². The number of rotatable bonds is 2. The highest BCUT2D eigenvalue weighted by atomic mass is 19.1. The van der Waals surface area contributed by atoms with Crippen LogP contribution in [0.15, 0.2) is 30.5 Å². The molecule has 1 aromatic heterocycles. The van der Waals surface area contributed by atoms with Gasteiger partial charge in [-0.25, -0.2) is 18.7 Å². The molecule has 0 amide bonds. The van der Waals surface area contributed by atoms with Crippen molar-refractivity contribution >= 4 is 6.29 Å². The van der Waals surface area contributed by atoms with Crippen molar-refractivity contribution in [1.82, 2.24) is 9.97 Å². The van der Waals surface area contributed by atoms with Crippen LogP contribution in [0.4, 0.5) is 8.78 Å². The van der Waals surface area contributed by atoms with Crippen LogP contribution in [0.3, 0.4) is 0 Å². The summed E-state index contributed by atoms with van der Waals surface area (Å²) in [5.41, 5.74) is 0.180. The van der Waals surface area contributed by atoms with E-state index in [1.807, 2.05) is 0 Å². The van der Waals surface area contributed by atoms with Crippen molar-refractivity contribution in [2.75, 3.05) is 0 Å². The van der Waals surface area contributed by atoms with Gasteiger partial charge in [0.15, 0.2) is 12.1 Å². The zero-order chi connectivity index (χ0) is 11.5. The van der Waals surface area contributed by atoms with E-state index in [2.05, 4.69) is 9.97 Å².